The molecular formula is C12H16ClNO3. The molecule has 0 bridgehead atoms. The predicted molar refractivity (Wildman–Crippen MR) is 68.3 cm³/mol. The van der Waals surface area contributed by atoms with Crippen molar-refractivity contribution in [3.63, 3.8) is 0 Å². The average Bonchev–Trinajstić information content (AvgIpc) is 2.34. The number of rotatable bonds is 5. The Hall–Kier alpha value is -1.36. The lowest BCUT2D eigenvalue weighted by Crippen LogP contribution is -2.01. The molecule has 1 rings (SSSR count). The van der Waals surface area contributed by atoms with Gasteiger partial charge in [-0.3, -0.25) is 4.89 Å². The van der Waals surface area contributed by atoms with E-state index in [1.165, 1.54) is 6.08 Å². The lowest BCUT2D eigenvalue weighted by molar-refractivity contribution is -0.264. The molecule has 0 saturated carbocycles. The molecule has 1 aromatic rings. The van der Waals surface area contributed by atoms with Crippen molar-refractivity contribution in [2.45, 2.75) is 13.5 Å². The summed E-state index contributed by atoms with van der Waals surface area (Å²) in [5, 5.41) is 0. The molecule has 0 radical (unpaired) electrons. The van der Waals surface area contributed by atoms with Crippen LogP contribution in [0, 0.1) is 0 Å². The van der Waals surface area contributed by atoms with Crippen molar-refractivity contribution in [3.8, 4) is 0 Å². The number of carbonyl (C=O) groups is 1. The van der Waals surface area contributed by atoms with Gasteiger partial charge in [-0.1, -0.05) is 24.3 Å². The number of hydrogen-bond acceptors (Lipinski definition) is 4. The van der Waals surface area contributed by atoms with Crippen LogP contribution in [0.2, 0.25) is 0 Å². The summed E-state index contributed by atoms with van der Waals surface area (Å²) in [6, 6.07) is 7.60. The highest BCUT2D eigenvalue weighted by Gasteiger charge is 1.97. The molecule has 0 aliphatic rings. The summed E-state index contributed by atoms with van der Waals surface area (Å²) in [6.45, 7) is 2.55. The minimum absolute atomic E-state index is 0. The highest BCUT2D eigenvalue weighted by Crippen LogP contribution is 2.06. The molecule has 0 fully saturated rings. The van der Waals surface area contributed by atoms with Gasteiger partial charge in [0.15, 0.2) is 0 Å². The minimum atomic E-state index is -0.528. The van der Waals surface area contributed by atoms with Crippen LogP contribution in [0.25, 0.3) is 6.08 Å². The van der Waals surface area contributed by atoms with E-state index in [9.17, 15) is 4.79 Å². The third-order valence-corrected chi connectivity index (χ3v) is 1.86. The molecular weight excluding hydrogens is 242 g/mol. The first-order valence-corrected chi connectivity index (χ1v) is 5.06. The van der Waals surface area contributed by atoms with Gasteiger partial charge in [0.1, 0.15) is 0 Å². The van der Waals surface area contributed by atoms with Gasteiger partial charge in [0.2, 0.25) is 0 Å². The van der Waals surface area contributed by atoms with E-state index < -0.39 is 5.97 Å². The fraction of sp³-hybridized carbons (Fsp3) is 0.250. The van der Waals surface area contributed by atoms with Crippen LogP contribution in [0.15, 0.2) is 30.3 Å². The van der Waals surface area contributed by atoms with E-state index in [0.29, 0.717) is 13.2 Å². The molecule has 4 nitrogen and oxygen atoms in total. The molecule has 0 amide bonds. The topological polar surface area (TPSA) is 61.5 Å². The molecule has 0 atom stereocenters. The van der Waals surface area contributed by atoms with Crippen LogP contribution in [0.5, 0.6) is 0 Å². The van der Waals surface area contributed by atoms with Crippen LogP contribution >= 0.6 is 12.4 Å². The first-order valence-electron chi connectivity index (χ1n) is 5.06. The Kier molecular flexibility index (Phi) is 8.05. The van der Waals surface area contributed by atoms with E-state index in [1.54, 1.807) is 13.0 Å². The number of hydrogen-bond donors (Lipinski definition) is 1. The second-order valence-corrected chi connectivity index (χ2v) is 3.09. The lowest BCUT2D eigenvalue weighted by Gasteiger charge is -1.98. The number of benzene rings is 1. The van der Waals surface area contributed by atoms with Crippen LogP contribution in [-0.2, 0) is 21.1 Å². The Morgan fingerprint density at radius 1 is 1.47 bits per heavy atom. The van der Waals surface area contributed by atoms with E-state index in [4.69, 9.17) is 5.73 Å². The smallest absolute Gasteiger partial charge is 0.326 e. The maximum atomic E-state index is 11.1. The second kappa shape index (κ2) is 8.75. The van der Waals surface area contributed by atoms with Crippen molar-refractivity contribution in [1.29, 1.82) is 0 Å². The first kappa shape index (κ1) is 15.6. The summed E-state index contributed by atoms with van der Waals surface area (Å²) in [6.07, 6.45) is 2.96. The van der Waals surface area contributed by atoms with Crippen molar-refractivity contribution >= 4 is 24.5 Å². The van der Waals surface area contributed by atoms with E-state index in [0.717, 1.165) is 11.1 Å². The van der Waals surface area contributed by atoms with Gasteiger partial charge >= 0.3 is 5.97 Å². The number of halogens is 1. The van der Waals surface area contributed by atoms with Crippen molar-refractivity contribution < 1.29 is 14.6 Å². The van der Waals surface area contributed by atoms with Gasteiger partial charge < -0.3 is 5.73 Å². The van der Waals surface area contributed by atoms with Crippen molar-refractivity contribution in [1.82, 2.24) is 0 Å². The molecule has 2 N–H and O–H groups in total. The van der Waals surface area contributed by atoms with Crippen LogP contribution in [-0.4, -0.2) is 12.6 Å². The average molecular weight is 258 g/mol. The molecule has 17 heavy (non-hydrogen) atoms. The molecule has 0 aliphatic carbocycles. The normalized spacial score (nSPS) is 10.0. The molecule has 1 aromatic carbocycles. The molecule has 0 heterocycles. The van der Waals surface area contributed by atoms with Crippen molar-refractivity contribution in [2.24, 2.45) is 5.73 Å². The third kappa shape index (κ3) is 6.06. The van der Waals surface area contributed by atoms with E-state index in [1.807, 2.05) is 24.3 Å². The number of carbonyl (C=O) groups excluding carboxylic acids is 1. The summed E-state index contributed by atoms with van der Waals surface area (Å²) < 4.78 is 0. The minimum Gasteiger partial charge on any atom is -0.326 e. The summed E-state index contributed by atoms with van der Waals surface area (Å²) in [5.74, 6) is -0.528. The zero-order valence-corrected chi connectivity index (χ0v) is 10.4. The largest absolute Gasteiger partial charge is 0.365 e. The van der Waals surface area contributed by atoms with Crippen molar-refractivity contribution in [2.75, 3.05) is 6.61 Å². The summed E-state index contributed by atoms with van der Waals surface area (Å²) in [5.41, 5.74) is 7.42. The van der Waals surface area contributed by atoms with Gasteiger partial charge in [-0.05, 0) is 24.1 Å². The Labute approximate surface area is 107 Å². The van der Waals surface area contributed by atoms with Gasteiger partial charge in [-0.15, -0.1) is 12.4 Å². The van der Waals surface area contributed by atoms with Gasteiger partial charge in [-0.2, -0.15) is 4.89 Å². The quantitative estimate of drug-likeness (QED) is 0.498. The van der Waals surface area contributed by atoms with Gasteiger partial charge in [0, 0.05) is 12.6 Å². The van der Waals surface area contributed by atoms with Gasteiger partial charge in [-0.25, -0.2) is 4.79 Å². The molecule has 5 heteroatoms. The lowest BCUT2D eigenvalue weighted by atomic mass is 10.1. The zero-order chi connectivity index (χ0) is 11.8. The first-order chi connectivity index (χ1) is 7.76. The highest BCUT2D eigenvalue weighted by molar-refractivity contribution is 5.86. The van der Waals surface area contributed by atoms with E-state index in [2.05, 4.69) is 9.78 Å². The van der Waals surface area contributed by atoms with E-state index >= 15 is 0 Å². The van der Waals surface area contributed by atoms with E-state index in [-0.39, 0.29) is 12.4 Å². The fourth-order valence-corrected chi connectivity index (χ4v) is 1.13. The molecule has 0 saturated heterocycles. The Balaban J connectivity index is 0.00000256. The summed E-state index contributed by atoms with van der Waals surface area (Å²) >= 11 is 0. The maximum absolute atomic E-state index is 11.1. The molecule has 94 valence electrons. The van der Waals surface area contributed by atoms with Crippen LogP contribution in [0.4, 0.5) is 0 Å². The van der Waals surface area contributed by atoms with Crippen LogP contribution < -0.4 is 5.73 Å². The predicted octanol–water partition coefficient (Wildman–Crippen LogP) is 2.07. The highest BCUT2D eigenvalue weighted by atomic mass is 35.5. The Morgan fingerprint density at radius 3 is 2.88 bits per heavy atom. The molecule has 0 unspecified atom stereocenters. The van der Waals surface area contributed by atoms with Crippen molar-refractivity contribution in [3.05, 3.63) is 41.5 Å². The van der Waals surface area contributed by atoms with Gasteiger partial charge in [0.05, 0.1) is 6.61 Å². The third-order valence-electron chi connectivity index (χ3n) is 1.86. The number of nitrogens with two attached hydrogens (primary N) is 1. The van der Waals surface area contributed by atoms with Crippen LogP contribution in [0.3, 0.4) is 0 Å². The summed E-state index contributed by atoms with van der Waals surface area (Å²) in [4.78, 5) is 20.0. The second-order valence-electron chi connectivity index (χ2n) is 3.09. The summed E-state index contributed by atoms with van der Waals surface area (Å²) in [7, 11) is 0. The molecule has 0 spiro atoms. The van der Waals surface area contributed by atoms with Gasteiger partial charge in [0.25, 0.3) is 0 Å². The zero-order valence-electron chi connectivity index (χ0n) is 9.59. The molecule has 0 aromatic heterocycles. The Morgan fingerprint density at radius 2 is 2.24 bits per heavy atom. The monoisotopic (exact) mass is 257 g/mol. The fourth-order valence-electron chi connectivity index (χ4n) is 1.13. The maximum Gasteiger partial charge on any atom is 0.365 e. The Bertz CT molecular complexity index is 380. The molecule has 0 aliphatic heterocycles. The SMILES string of the molecule is CCOOC(=O)C=Cc1cccc(CN)c1.Cl. The standard InChI is InChI=1S/C12H15NO3.ClH/c1-2-15-16-12(14)7-6-10-4-3-5-11(8-10)9-13;/h3-8H,2,9,13H2,1H3;1H. The van der Waals surface area contributed by atoms with Crippen LogP contribution in [0.1, 0.15) is 18.1 Å².